The van der Waals surface area contributed by atoms with E-state index in [2.05, 4.69) is 29.5 Å². The molecule has 96 valence electrons. The molecule has 0 saturated carbocycles. The molecule has 1 aliphatic rings. The Kier molecular flexibility index (Phi) is 3.99. The minimum absolute atomic E-state index is 0.333. The van der Waals surface area contributed by atoms with Crippen molar-refractivity contribution < 1.29 is 4.74 Å². The molecule has 5 heteroatoms. The van der Waals surface area contributed by atoms with Crippen LogP contribution in [0, 0.1) is 5.41 Å². The van der Waals surface area contributed by atoms with Crippen LogP contribution in [-0.4, -0.2) is 34.8 Å². The monoisotopic (exact) mass is 238 g/mol. The lowest BCUT2D eigenvalue weighted by atomic mass is 9.82. The van der Waals surface area contributed by atoms with E-state index in [1.807, 2.05) is 4.68 Å². The molecule has 1 saturated heterocycles. The van der Waals surface area contributed by atoms with Gasteiger partial charge in [0.05, 0.1) is 6.20 Å². The molecule has 5 nitrogen and oxygen atoms in total. The summed E-state index contributed by atoms with van der Waals surface area (Å²) in [7, 11) is 0. The van der Waals surface area contributed by atoms with E-state index in [0.29, 0.717) is 5.41 Å². The second-order valence-electron chi connectivity index (χ2n) is 5.12. The first-order chi connectivity index (χ1) is 8.23. The highest BCUT2D eigenvalue weighted by Crippen LogP contribution is 2.29. The van der Waals surface area contributed by atoms with Gasteiger partial charge in [0.1, 0.15) is 5.82 Å². The molecule has 2 heterocycles. The number of aromatic nitrogens is 3. The Labute approximate surface area is 103 Å². The van der Waals surface area contributed by atoms with Crippen LogP contribution in [-0.2, 0) is 11.3 Å². The molecule has 0 atom stereocenters. The van der Waals surface area contributed by atoms with Gasteiger partial charge in [-0.15, -0.1) is 5.10 Å². The Balaban J connectivity index is 1.90. The number of rotatable bonds is 5. The fourth-order valence-electron chi connectivity index (χ4n) is 2.12. The summed E-state index contributed by atoms with van der Waals surface area (Å²) < 4.78 is 7.34. The summed E-state index contributed by atoms with van der Waals surface area (Å²) >= 11 is 0. The van der Waals surface area contributed by atoms with Gasteiger partial charge < -0.3 is 10.1 Å². The lowest BCUT2D eigenvalue weighted by Gasteiger charge is -2.33. The van der Waals surface area contributed by atoms with E-state index in [0.717, 1.165) is 51.4 Å². The Hall–Kier alpha value is -1.10. The van der Waals surface area contributed by atoms with Gasteiger partial charge in [0.2, 0.25) is 0 Å². The minimum atomic E-state index is 0.333. The van der Waals surface area contributed by atoms with E-state index in [1.165, 1.54) is 0 Å². The molecule has 2 rings (SSSR count). The Morgan fingerprint density at radius 3 is 2.94 bits per heavy atom. The van der Waals surface area contributed by atoms with E-state index in [4.69, 9.17) is 4.74 Å². The van der Waals surface area contributed by atoms with E-state index < -0.39 is 0 Å². The van der Waals surface area contributed by atoms with Crippen molar-refractivity contribution in [2.75, 3.05) is 25.1 Å². The minimum Gasteiger partial charge on any atom is -0.381 e. The maximum atomic E-state index is 5.41. The number of nitrogens with zero attached hydrogens (tertiary/aromatic N) is 3. The summed E-state index contributed by atoms with van der Waals surface area (Å²) in [6.07, 6.45) is 5.12. The Bertz CT molecular complexity index is 344. The van der Waals surface area contributed by atoms with Crippen molar-refractivity contribution in [2.24, 2.45) is 5.41 Å². The first-order valence-electron chi connectivity index (χ1n) is 6.44. The third-order valence-electron chi connectivity index (χ3n) is 3.45. The third kappa shape index (κ3) is 3.19. The summed E-state index contributed by atoms with van der Waals surface area (Å²) in [5.74, 6) is 1.03. The van der Waals surface area contributed by atoms with Gasteiger partial charge in [-0.3, -0.25) is 0 Å². The number of anilines is 1. The van der Waals surface area contributed by atoms with Crippen LogP contribution < -0.4 is 5.32 Å². The summed E-state index contributed by atoms with van der Waals surface area (Å²) in [6.45, 7) is 8.10. The van der Waals surface area contributed by atoms with E-state index in [9.17, 15) is 0 Å². The molecule has 1 aliphatic heterocycles. The van der Waals surface area contributed by atoms with Crippen molar-refractivity contribution in [2.45, 2.75) is 39.7 Å². The van der Waals surface area contributed by atoms with Crippen LogP contribution in [0.25, 0.3) is 0 Å². The van der Waals surface area contributed by atoms with Crippen molar-refractivity contribution >= 4 is 5.82 Å². The van der Waals surface area contributed by atoms with Crippen LogP contribution in [0.1, 0.15) is 33.1 Å². The fraction of sp³-hybridized carbons (Fsp3) is 0.833. The normalized spacial score (nSPS) is 19.2. The Morgan fingerprint density at radius 1 is 1.47 bits per heavy atom. The summed E-state index contributed by atoms with van der Waals surface area (Å²) in [4.78, 5) is 0. The molecule has 0 amide bonds. The van der Waals surface area contributed by atoms with Gasteiger partial charge in [0.25, 0.3) is 0 Å². The van der Waals surface area contributed by atoms with Crippen LogP contribution in [0.15, 0.2) is 6.20 Å². The first kappa shape index (κ1) is 12.4. The molecule has 17 heavy (non-hydrogen) atoms. The maximum Gasteiger partial charge on any atom is 0.144 e. The summed E-state index contributed by atoms with van der Waals surface area (Å²) in [5, 5.41) is 11.5. The molecule has 1 aromatic rings. The highest BCUT2D eigenvalue weighted by atomic mass is 16.5. The van der Waals surface area contributed by atoms with Crippen molar-refractivity contribution in [1.82, 2.24) is 15.0 Å². The number of hydrogen-bond donors (Lipinski definition) is 1. The lowest BCUT2D eigenvalue weighted by Crippen LogP contribution is -2.33. The number of nitrogens with one attached hydrogen (secondary N) is 1. The quantitative estimate of drug-likeness (QED) is 0.851. The second-order valence-corrected chi connectivity index (χ2v) is 5.12. The third-order valence-corrected chi connectivity index (χ3v) is 3.45. The highest BCUT2D eigenvalue weighted by Gasteiger charge is 2.27. The zero-order valence-electron chi connectivity index (χ0n) is 10.8. The van der Waals surface area contributed by atoms with Crippen molar-refractivity contribution in [3.63, 3.8) is 0 Å². The zero-order valence-corrected chi connectivity index (χ0v) is 10.8. The second kappa shape index (κ2) is 5.49. The zero-order chi connectivity index (χ0) is 12.1. The lowest BCUT2D eigenvalue weighted by molar-refractivity contribution is 0.0299. The summed E-state index contributed by atoms with van der Waals surface area (Å²) in [6, 6.07) is 0. The molecule has 1 fully saturated rings. The van der Waals surface area contributed by atoms with E-state index >= 15 is 0 Å². The summed E-state index contributed by atoms with van der Waals surface area (Å²) in [5.41, 5.74) is 0.333. The van der Waals surface area contributed by atoms with Gasteiger partial charge >= 0.3 is 0 Å². The highest BCUT2D eigenvalue weighted by molar-refractivity contribution is 5.31. The van der Waals surface area contributed by atoms with Gasteiger partial charge in [-0.1, -0.05) is 19.1 Å². The predicted octanol–water partition coefficient (Wildman–Crippen LogP) is 1.92. The molecule has 1 N–H and O–H groups in total. The van der Waals surface area contributed by atoms with Crippen molar-refractivity contribution in [1.29, 1.82) is 0 Å². The standard InChI is InChI=1S/C12H22N4O/c1-3-6-16-11(9-14-15-16)13-10-12(2)4-7-17-8-5-12/h9,13H,3-8,10H2,1-2H3. The largest absolute Gasteiger partial charge is 0.381 e. The molecular weight excluding hydrogens is 216 g/mol. The van der Waals surface area contributed by atoms with Gasteiger partial charge in [-0.25, -0.2) is 4.68 Å². The molecule has 1 aromatic heterocycles. The molecule has 0 radical (unpaired) electrons. The molecule has 0 spiro atoms. The fourth-order valence-corrected chi connectivity index (χ4v) is 2.12. The number of ether oxygens (including phenoxy) is 1. The van der Waals surface area contributed by atoms with Crippen LogP contribution in [0.4, 0.5) is 5.82 Å². The Morgan fingerprint density at radius 2 is 2.24 bits per heavy atom. The smallest absolute Gasteiger partial charge is 0.144 e. The van der Waals surface area contributed by atoms with Crippen LogP contribution in [0.5, 0.6) is 0 Å². The average Bonchev–Trinajstić information content (AvgIpc) is 2.76. The van der Waals surface area contributed by atoms with E-state index in [1.54, 1.807) is 6.20 Å². The molecule has 0 aromatic carbocycles. The van der Waals surface area contributed by atoms with E-state index in [-0.39, 0.29) is 0 Å². The molecule has 0 unspecified atom stereocenters. The van der Waals surface area contributed by atoms with Gasteiger partial charge in [0, 0.05) is 26.3 Å². The average molecular weight is 238 g/mol. The SMILES string of the molecule is CCCn1nncc1NCC1(C)CCOCC1. The molecule has 0 aliphatic carbocycles. The van der Waals surface area contributed by atoms with Gasteiger partial charge in [0.15, 0.2) is 0 Å². The number of aryl methyl sites for hydroxylation is 1. The van der Waals surface area contributed by atoms with Gasteiger partial charge in [-0.05, 0) is 24.7 Å². The molecule has 0 bridgehead atoms. The van der Waals surface area contributed by atoms with Crippen molar-refractivity contribution in [3.8, 4) is 0 Å². The van der Waals surface area contributed by atoms with Crippen LogP contribution in [0.3, 0.4) is 0 Å². The first-order valence-corrected chi connectivity index (χ1v) is 6.44. The van der Waals surface area contributed by atoms with Crippen LogP contribution in [0.2, 0.25) is 0 Å². The van der Waals surface area contributed by atoms with Crippen LogP contribution >= 0.6 is 0 Å². The van der Waals surface area contributed by atoms with Gasteiger partial charge in [-0.2, -0.15) is 0 Å². The van der Waals surface area contributed by atoms with Crippen molar-refractivity contribution in [3.05, 3.63) is 6.20 Å². The molecular formula is C12H22N4O. The number of hydrogen-bond acceptors (Lipinski definition) is 4. The predicted molar refractivity (Wildman–Crippen MR) is 67.0 cm³/mol. The maximum absolute atomic E-state index is 5.41. The topological polar surface area (TPSA) is 52.0 Å².